The van der Waals surface area contributed by atoms with Gasteiger partial charge >= 0.3 is 0 Å². The van der Waals surface area contributed by atoms with Crippen molar-refractivity contribution in [3.8, 4) is 0 Å². The van der Waals surface area contributed by atoms with Gasteiger partial charge in [-0.3, -0.25) is 4.79 Å². The zero-order valence-corrected chi connectivity index (χ0v) is 16.2. The minimum absolute atomic E-state index is 0. The lowest BCUT2D eigenvalue weighted by Crippen LogP contribution is -2.38. The summed E-state index contributed by atoms with van der Waals surface area (Å²) in [5, 5.41) is 3.71. The van der Waals surface area contributed by atoms with E-state index >= 15 is 0 Å². The van der Waals surface area contributed by atoms with Crippen LogP contribution in [0.25, 0.3) is 11.0 Å². The zero-order valence-electron chi connectivity index (χ0n) is 15.4. The van der Waals surface area contributed by atoms with Gasteiger partial charge in [-0.1, -0.05) is 18.2 Å². The van der Waals surface area contributed by atoms with Gasteiger partial charge in [0.1, 0.15) is 5.58 Å². The van der Waals surface area contributed by atoms with Gasteiger partial charge in [-0.2, -0.15) is 0 Å². The normalized spacial score (nSPS) is 21.2. The highest BCUT2D eigenvalue weighted by atomic mass is 35.5. The van der Waals surface area contributed by atoms with Gasteiger partial charge in [0.15, 0.2) is 5.76 Å². The Morgan fingerprint density at radius 2 is 1.82 bits per heavy atom. The summed E-state index contributed by atoms with van der Waals surface area (Å²) >= 11 is 0. The standard InChI is InChI=1S/C20H21N5O2.ClH/c26-19(18-11-14-3-1-2-4-17(14)27-18)23-15-12-21-20(22-13-15)25-10-9-24-7-5-16(25)6-8-24;/h1-4,11-13,16H,5-10H2,(H,23,26);1H. The third-order valence-corrected chi connectivity index (χ3v) is 5.46. The molecule has 8 heteroatoms. The molecule has 5 heterocycles. The highest BCUT2D eigenvalue weighted by molar-refractivity contribution is 6.04. The second kappa shape index (κ2) is 7.77. The van der Waals surface area contributed by atoms with Crippen molar-refractivity contribution in [3.05, 3.63) is 48.5 Å². The Bertz CT molecular complexity index is 933. The van der Waals surface area contributed by atoms with Crippen LogP contribution < -0.4 is 10.2 Å². The molecule has 146 valence electrons. The summed E-state index contributed by atoms with van der Waals surface area (Å²) in [4.78, 5) is 26.2. The number of piperidine rings is 1. The summed E-state index contributed by atoms with van der Waals surface area (Å²) in [5.74, 6) is 0.716. The maximum Gasteiger partial charge on any atom is 0.291 e. The van der Waals surface area contributed by atoms with E-state index in [2.05, 4.69) is 25.1 Å². The molecule has 28 heavy (non-hydrogen) atoms. The van der Waals surface area contributed by atoms with Gasteiger partial charge in [0, 0.05) is 37.6 Å². The summed E-state index contributed by atoms with van der Waals surface area (Å²) in [6.45, 7) is 4.33. The number of amides is 1. The number of para-hydroxylation sites is 1. The van der Waals surface area contributed by atoms with Crippen LogP contribution in [0.1, 0.15) is 23.4 Å². The van der Waals surface area contributed by atoms with Gasteiger partial charge in [0.05, 0.1) is 18.1 Å². The lowest BCUT2D eigenvalue weighted by molar-refractivity contribution is 0.0998. The predicted octanol–water partition coefficient (Wildman–Crippen LogP) is 3.18. The van der Waals surface area contributed by atoms with E-state index in [1.165, 1.54) is 0 Å². The van der Waals surface area contributed by atoms with Crippen LogP contribution in [0.4, 0.5) is 11.6 Å². The summed E-state index contributed by atoms with van der Waals surface area (Å²) < 4.78 is 5.60. The van der Waals surface area contributed by atoms with Crippen LogP contribution in [0.2, 0.25) is 0 Å². The zero-order chi connectivity index (χ0) is 18.2. The molecule has 1 amide bonds. The second-order valence-corrected chi connectivity index (χ2v) is 7.14. The number of anilines is 2. The average molecular weight is 400 g/mol. The topological polar surface area (TPSA) is 74.5 Å². The molecule has 0 unspecified atom stereocenters. The van der Waals surface area contributed by atoms with Crippen molar-refractivity contribution in [1.29, 1.82) is 0 Å². The Labute approximate surface area is 169 Å². The van der Waals surface area contributed by atoms with Crippen molar-refractivity contribution in [1.82, 2.24) is 14.9 Å². The minimum Gasteiger partial charge on any atom is -0.451 e. The molecule has 6 rings (SSSR count). The molecule has 3 aromatic rings. The van der Waals surface area contributed by atoms with Crippen LogP contribution in [0.3, 0.4) is 0 Å². The van der Waals surface area contributed by atoms with Gasteiger partial charge in [-0.05, 0) is 25.0 Å². The Kier molecular flexibility index (Phi) is 5.19. The summed E-state index contributed by atoms with van der Waals surface area (Å²) in [6, 6.07) is 9.81. The van der Waals surface area contributed by atoms with Gasteiger partial charge in [0.2, 0.25) is 5.95 Å². The number of halogens is 1. The van der Waals surface area contributed by atoms with Crippen LogP contribution in [-0.2, 0) is 0 Å². The van der Waals surface area contributed by atoms with Crippen LogP contribution >= 0.6 is 12.4 Å². The van der Waals surface area contributed by atoms with Crippen LogP contribution in [0.15, 0.2) is 47.1 Å². The molecule has 2 bridgehead atoms. The first-order valence-electron chi connectivity index (χ1n) is 9.37. The molecular weight excluding hydrogens is 378 g/mol. The number of nitrogens with one attached hydrogen (secondary N) is 1. The largest absolute Gasteiger partial charge is 0.451 e. The van der Waals surface area contributed by atoms with Crippen molar-refractivity contribution in [2.45, 2.75) is 18.9 Å². The number of hydrogen-bond acceptors (Lipinski definition) is 6. The van der Waals surface area contributed by atoms with Gasteiger partial charge < -0.3 is 19.5 Å². The van der Waals surface area contributed by atoms with Gasteiger partial charge in [-0.25, -0.2) is 9.97 Å². The number of fused-ring (bicyclic) bond motifs is 5. The number of rotatable bonds is 3. The molecule has 1 N–H and O–H groups in total. The Morgan fingerprint density at radius 1 is 1.07 bits per heavy atom. The molecule has 0 aliphatic carbocycles. The SMILES string of the molecule is Cl.O=C(Nc1cnc(N2CCN3CCC2CC3)nc1)c1cc2ccccc2o1. The first kappa shape index (κ1) is 18.7. The number of aromatic nitrogens is 2. The number of furan rings is 1. The Morgan fingerprint density at radius 3 is 2.57 bits per heavy atom. The lowest BCUT2D eigenvalue weighted by atomic mass is 10.1. The smallest absolute Gasteiger partial charge is 0.291 e. The molecule has 3 aliphatic heterocycles. The van der Waals surface area contributed by atoms with E-state index in [4.69, 9.17) is 4.42 Å². The van der Waals surface area contributed by atoms with Crippen LogP contribution in [0.5, 0.6) is 0 Å². The number of hydrogen-bond donors (Lipinski definition) is 1. The van der Waals surface area contributed by atoms with E-state index < -0.39 is 0 Å². The van der Waals surface area contributed by atoms with Crippen molar-refractivity contribution in [2.75, 3.05) is 36.4 Å². The number of benzene rings is 1. The van der Waals surface area contributed by atoms with Crippen molar-refractivity contribution >= 4 is 40.9 Å². The summed E-state index contributed by atoms with van der Waals surface area (Å²) in [5.41, 5.74) is 1.26. The summed E-state index contributed by atoms with van der Waals surface area (Å²) in [6.07, 6.45) is 5.66. The van der Waals surface area contributed by atoms with Crippen LogP contribution in [0, 0.1) is 0 Å². The molecular formula is C20H22ClN5O2. The molecule has 0 saturated carbocycles. The van der Waals surface area contributed by atoms with Crippen molar-refractivity contribution in [2.24, 2.45) is 0 Å². The Hall–Kier alpha value is -2.64. The first-order valence-corrected chi connectivity index (χ1v) is 9.37. The third-order valence-electron chi connectivity index (χ3n) is 5.46. The van der Waals surface area contributed by atoms with Crippen molar-refractivity contribution < 1.29 is 9.21 Å². The van der Waals surface area contributed by atoms with Crippen molar-refractivity contribution in [3.63, 3.8) is 0 Å². The fraction of sp³-hybridized carbons (Fsp3) is 0.350. The molecule has 3 aliphatic rings. The molecule has 0 radical (unpaired) electrons. The van der Waals surface area contributed by atoms with E-state index in [0.717, 1.165) is 50.4 Å². The van der Waals surface area contributed by atoms with E-state index in [1.54, 1.807) is 18.5 Å². The maximum atomic E-state index is 12.4. The quantitative estimate of drug-likeness (QED) is 0.729. The molecule has 7 nitrogen and oxygen atoms in total. The van der Waals surface area contributed by atoms with Crippen LogP contribution in [-0.4, -0.2) is 53.0 Å². The minimum atomic E-state index is -0.302. The number of nitrogens with zero attached hydrogens (tertiary/aromatic N) is 4. The predicted molar refractivity (Wildman–Crippen MR) is 110 cm³/mol. The number of carbonyl (C=O) groups is 1. The number of carbonyl (C=O) groups excluding carboxylic acids is 1. The monoisotopic (exact) mass is 399 g/mol. The highest BCUT2D eigenvalue weighted by Crippen LogP contribution is 2.25. The Balaban J connectivity index is 0.00000192. The molecule has 2 aromatic heterocycles. The van der Waals surface area contributed by atoms with E-state index in [9.17, 15) is 4.79 Å². The molecule has 0 atom stereocenters. The van der Waals surface area contributed by atoms with E-state index in [0.29, 0.717) is 17.3 Å². The first-order chi connectivity index (χ1) is 13.3. The fourth-order valence-electron chi connectivity index (χ4n) is 3.97. The summed E-state index contributed by atoms with van der Waals surface area (Å²) in [7, 11) is 0. The van der Waals surface area contributed by atoms with E-state index in [1.807, 2.05) is 24.3 Å². The fourth-order valence-corrected chi connectivity index (χ4v) is 3.97. The molecule has 3 saturated heterocycles. The van der Waals surface area contributed by atoms with E-state index in [-0.39, 0.29) is 24.1 Å². The second-order valence-electron chi connectivity index (χ2n) is 7.14. The van der Waals surface area contributed by atoms with Gasteiger partial charge in [-0.15, -0.1) is 12.4 Å². The van der Waals surface area contributed by atoms with Gasteiger partial charge in [0.25, 0.3) is 5.91 Å². The highest BCUT2D eigenvalue weighted by Gasteiger charge is 2.30. The molecule has 1 aromatic carbocycles. The average Bonchev–Trinajstić information content (AvgIpc) is 2.92. The maximum absolute atomic E-state index is 12.4. The third kappa shape index (κ3) is 3.55. The lowest BCUT2D eigenvalue weighted by Gasteiger charge is -2.31. The molecule has 3 fully saturated rings. The molecule has 0 spiro atoms.